The zero-order chi connectivity index (χ0) is 13.1. The van der Waals surface area contributed by atoms with Crippen LogP contribution >= 0.6 is 0 Å². The fraction of sp³-hybridized carbons (Fsp3) is 1.00. The van der Waals surface area contributed by atoms with Gasteiger partial charge in [-0.05, 0) is 19.3 Å². The fourth-order valence-electron chi connectivity index (χ4n) is 2.76. The van der Waals surface area contributed by atoms with Crippen molar-refractivity contribution in [1.29, 1.82) is 0 Å². The second-order valence-electron chi connectivity index (χ2n) is 5.74. The van der Waals surface area contributed by atoms with Crippen LogP contribution in [0.1, 0.15) is 84.0 Å². The molecular formula is C16H32O2. The van der Waals surface area contributed by atoms with Crippen LogP contribution in [0.3, 0.4) is 0 Å². The number of aliphatic hydroxyl groups excluding tert-OH is 1. The van der Waals surface area contributed by atoms with E-state index < -0.39 is 0 Å². The predicted molar refractivity (Wildman–Crippen MR) is 76.8 cm³/mol. The predicted octanol–water partition coefficient (Wildman–Crippen LogP) is 4.45. The van der Waals surface area contributed by atoms with Gasteiger partial charge in [0.25, 0.3) is 0 Å². The van der Waals surface area contributed by atoms with Crippen molar-refractivity contribution in [2.24, 2.45) is 0 Å². The lowest BCUT2D eigenvalue weighted by Gasteiger charge is -2.16. The van der Waals surface area contributed by atoms with E-state index in [9.17, 15) is 5.11 Å². The Morgan fingerprint density at radius 1 is 1.00 bits per heavy atom. The van der Waals surface area contributed by atoms with Crippen molar-refractivity contribution < 1.29 is 9.84 Å². The first-order valence-electron chi connectivity index (χ1n) is 8.14. The molecule has 0 spiro atoms. The molecule has 0 bridgehead atoms. The Bertz CT molecular complexity index is 176. The van der Waals surface area contributed by atoms with Gasteiger partial charge in [-0.1, -0.05) is 64.7 Å². The van der Waals surface area contributed by atoms with Crippen LogP contribution in [-0.2, 0) is 4.74 Å². The summed E-state index contributed by atoms with van der Waals surface area (Å²) in [5.41, 5.74) is 0. The first kappa shape index (κ1) is 16.0. The Kier molecular flexibility index (Phi) is 9.59. The van der Waals surface area contributed by atoms with Crippen LogP contribution < -0.4 is 0 Å². The van der Waals surface area contributed by atoms with Crippen molar-refractivity contribution in [3.8, 4) is 0 Å². The third-order valence-electron chi connectivity index (χ3n) is 4.00. The molecule has 0 radical (unpaired) electrons. The highest BCUT2D eigenvalue weighted by Gasteiger charge is 2.23. The molecule has 18 heavy (non-hydrogen) atoms. The van der Waals surface area contributed by atoms with E-state index in [2.05, 4.69) is 6.92 Å². The summed E-state index contributed by atoms with van der Waals surface area (Å²) < 4.78 is 5.50. The molecule has 2 heteroatoms. The van der Waals surface area contributed by atoms with Gasteiger partial charge in [-0.3, -0.25) is 0 Å². The van der Waals surface area contributed by atoms with E-state index in [0.29, 0.717) is 0 Å². The van der Waals surface area contributed by atoms with Crippen LogP contribution in [0.5, 0.6) is 0 Å². The highest BCUT2D eigenvalue weighted by atomic mass is 16.5. The molecule has 0 amide bonds. The van der Waals surface area contributed by atoms with E-state index in [-0.39, 0.29) is 12.2 Å². The van der Waals surface area contributed by atoms with Crippen LogP contribution in [-0.4, -0.2) is 23.9 Å². The highest BCUT2D eigenvalue weighted by molar-refractivity contribution is 4.73. The van der Waals surface area contributed by atoms with Gasteiger partial charge in [-0.25, -0.2) is 0 Å². The van der Waals surface area contributed by atoms with Crippen molar-refractivity contribution >= 4 is 0 Å². The van der Waals surface area contributed by atoms with Gasteiger partial charge >= 0.3 is 0 Å². The smallest absolute Gasteiger partial charge is 0.0834 e. The minimum absolute atomic E-state index is 0.138. The summed E-state index contributed by atoms with van der Waals surface area (Å²) in [6, 6.07) is 0. The summed E-state index contributed by atoms with van der Waals surface area (Å²) in [6.45, 7) is 3.11. The van der Waals surface area contributed by atoms with Crippen LogP contribution in [0.25, 0.3) is 0 Å². The first-order valence-corrected chi connectivity index (χ1v) is 8.14. The molecule has 2 nitrogen and oxygen atoms in total. The average Bonchev–Trinajstić information content (AvgIpc) is 2.90. The molecule has 1 saturated heterocycles. The molecule has 1 fully saturated rings. The lowest BCUT2D eigenvalue weighted by Crippen LogP contribution is -2.24. The van der Waals surface area contributed by atoms with E-state index in [4.69, 9.17) is 4.74 Å². The maximum Gasteiger partial charge on any atom is 0.0834 e. The molecule has 1 aliphatic rings. The monoisotopic (exact) mass is 256 g/mol. The Balaban J connectivity index is 1.80. The van der Waals surface area contributed by atoms with E-state index in [1.165, 1.54) is 51.4 Å². The van der Waals surface area contributed by atoms with Gasteiger partial charge in [0.2, 0.25) is 0 Å². The van der Waals surface area contributed by atoms with Crippen LogP contribution in [0.2, 0.25) is 0 Å². The standard InChI is InChI=1S/C16H32O2/c1-2-3-4-5-6-7-8-9-10-12-15(17)16-13-11-14-18-16/h15-17H,2-14H2,1H3/t15-,16-/m1/s1. The summed E-state index contributed by atoms with van der Waals surface area (Å²) in [4.78, 5) is 0. The molecule has 2 atom stereocenters. The van der Waals surface area contributed by atoms with Crippen molar-refractivity contribution in [1.82, 2.24) is 0 Å². The quantitative estimate of drug-likeness (QED) is 0.553. The second kappa shape index (κ2) is 10.8. The molecule has 0 unspecified atom stereocenters. The minimum atomic E-state index is -0.211. The number of ether oxygens (including phenoxy) is 1. The summed E-state index contributed by atoms with van der Waals surface area (Å²) in [7, 11) is 0. The van der Waals surface area contributed by atoms with Crippen molar-refractivity contribution in [2.45, 2.75) is 96.2 Å². The van der Waals surface area contributed by atoms with Gasteiger partial charge < -0.3 is 9.84 Å². The zero-order valence-corrected chi connectivity index (χ0v) is 12.2. The Morgan fingerprint density at radius 3 is 2.17 bits per heavy atom. The number of aliphatic hydroxyl groups is 1. The third-order valence-corrected chi connectivity index (χ3v) is 4.00. The molecule has 1 N–H and O–H groups in total. The van der Waals surface area contributed by atoms with Gasteiger partial charge in [-0.2, -0.15) is 0 Å². The van der Waals surface area contributed by atoms with Gasteiger partial charge in [-0.15, -0.1) is 0 Å². The Morgan fingerprint density at radius 2 is 1.61 bits per heavy atom. The van der Waals surface area contributed by atoms with Crippen LogP contribution in [0.15, 0.2) is 0 Å². The molecule has 0 aromatic rings. The summed E-state index contributed by atoms with van der Waals surface area (Å²) in [5, 5.41) is 9.92. The van der Waals surface area contributed by atoms with Crippen molar-refractivity contribution in [2.75, 3.05) is 6.61 Å². The number of rotatable bonds is 11. The topological polar surface area (TPSA) is 29.5 Å². The largest absolute Gasteiger partial charge is 0.390 e. The van der Waals surface area contributed by atoms with E-state index in [1.807, 2.05) is 0 Å². The second-order valence-corrected chi connectivity index (χ2v) is 5.74. The van der Waals surface area contributed by atoms with Gasteiger partial charge in [0.15, 0.2) is 0 Å². The molecule has 1 rings (SSSR count). The minimum Gasteiger partial charge on any atom is -0.390 e. The van der Waals surface area contributed by atoms with E-state index in [0.717, 1.165) is 32.3 Å². The molecule has 0 aliphatic carbocycles. The molecule has 1 heterocycles. The van der Waals surface area contributed by atoms with Crippen LogP contribution in [0, 0.1) is 0 Å². The molecule has 0 saturated carbocycles. The average molecular weight is 256 g/mol. The summed E-state index contributed by atoms with van der Waals surface area (Å²) in [6.07, 6.45) is 15.1. The van der Waals surface area contributed by atoms with E-state index in [1.54, 1.807) is 0 Å². The zero-order valence-electron chi connectivity index (χ0n) is 12.2. The number of unbranched alkanes of at least 4 members (excludes halogenated alkanes) is 8. The molecule has 0 aromatic heterocycles. The summed E-state index contributed by atoms with van der Waals surface area (Å²) >= 11 is 0. The normalized spacial score (nSPS) is 21.3. The first-order chi connectivity index (χ1) is 8.84. The molecule has 0 aromatic carbocycles. The fourth-order valence-corrected chi connectivity index (χ4v) is 2.76. The summed E-state index contributed by atoms with van der Waals surface area (Å²) in [5.74, 6) is 0. The number of hydrogen-bond acceptors (Lipinski definition) is 2. The molecular weight excluding hydrogens is 224 g/mol. The van der Waals surface area contributed by atoms with Gasteiger partial charge in [0, 0.05) is 6.61 Å². The maximum atomic E-state index is 9.92. The lowest BCUT2D eigenvalue weighted by atomic mass is 10.0. The van der Waals surface area contributed by atoms with Crippen LogP contribution in [0.4, 0.5) is 0 Å². The van der Waals surface area contributed by atoms with Gasteiger partial charge in [0.05, 0.1) is 12.2 Å². The Labute approximate surface area is 113 Å². The Hall–Kier alpha value is -0.0800. The van der Waals surface area contributed by atoms with Crippen molar-refractivity contribution in [3.63, 3.8) is 0 Å². The highest BCUT2D eigenvalue weighted by Crippen LogP contribution is 2.19. The van der Waals surface area contributed by atoms with Crippen molar-refractivity contribution in [3.05, 3.63) is 0 Å². The maximum absolute atomic E-state index is 9.92. The van der Waals surface area contributed by atoms with E-state index >= 15 is 0 Å². The molecule has 1 aliphatic heterocycles. The third kappa shape index (κ3) is 7.38. The number of hydrogen-bond donors (Lipinski definition) is 1. The van der Waals surface area contributed by atoms with Gasteiger partial charge in [0.1, 0.15) is 0 Å². The SMILES string of the molecule is CCCCCCCCCCC[C@@H](O)[C@H]1CCCO1. The lowest BCUT2D eigenvalue weighted by molar-refractivity contribution is -0.00636. The molecule has 108 valence electrons.